The third-order valence-electron chi connectivity index (χ3n) is 7.15. The maximum Gasteiger partial charge on any atom is 0.407 e. The van der Waals surface area contributed by atoms with E-state index < -0.39 is 28.5 Å². The summed E-state index contributed by atoms with van der Waals surface area (Å²) in [7, 11) is 0. The normalized spacial score (nSPS) is 16.6. The second kappa shape index (κ2) is 12.9. The van der Waals surface area contributed by atoms with Crippen LogP contribution in [0.25, 0.3) is 10.9 Å². The molecule has 1 fully saturated rings. The van der Waals surface area contributed by atoms with Crippen LogP contribution in [0.1, 0.15) is 85.4 Å². The highest BCUT2D eigenvalue weighted by molar-refractivity contribution is 6.06. The molecule has 2 amide bonds. The molecule has 1 aliphatic carbocycles. The number of rotatable bonds is 8. The zero-order valence-corrected chi connectivity index (χ0v) is 24.6. The summed E-state index contributed by atoms with van der Waals surface area (Å²) in [6, 6.07) is 12.8. The lowest BCUT2D eigenvalue weighted by atomic mass is 9.91. The number of carbonyl (C=O) groups is 3. The Hall–Kier alpha value is -4.92. The first kappa shape index (κ1) is 31.0. The van der Waals surface area contributed by atoms with Gasteiger partial charge in [0, 0.05) is 18.6 Å². The number of benzene rings is 2. The molecule has 2 aromatic carbocycles. The zero-order chi connectivity index (χ0) is 31.3. The minimum absolute atomic E-state index is 0.0810. The van der Waals surface area contributed by atoms with Crippen LogP contribution >= 0.6 is 0 Å². The highest BCUT2D eigenvalue weighted by atomic mass is 16.6. The van der Waals surface area contributed by atoms with Crippen molar-refractivity contribution >= 4 is 34.6 Å². The number of alkyl carbamates (subject to hydrolysis) is 1. The van der Waals surface area contributed by atoms with E-state index >= 15 is 0 Å². The molecule has 3 aromatic rings. The highest BCUT2D eigenvalue weighted by Gasteiger charge is 2.33. The molecule has 0 radical (unpaired) electrons. The lowest BCUT2D eigenvalue weighted by Gasteiger charge is -2.30. The van der Waals surface area contributed by atoms with E-state index in [0.29, 0.717) is 47.9 Å². The molecule has 2 N–H and O–H groups in total. The van der Waals surface area contributed by atoms with Gasteiger partial charge in [-0.15, -0.1) is 0 Å². The Morgan fingerprint density at radius 2 is 1.67 bits per heavy atom. The number of ether oxygens (including phenoxy) is 2. The Bertz CT molecular complexity index is 1570. The van der Waals surface area contributed by atoms with Crippen molar-refractivity contribution in [3.8, 4) is 6.07 Å². The third kappa shape index (κ3) is 7.48. The minimum Gasteiger partial charge on any atom is -0.462 e. The van der Waals surface area contributed by atoms with E-state index in [0.717, 1.165) is 0 Å². The fourth-order valence-corrected chi connectivity index (χ4v) is 5.23. The van der Waals surface area contributed by atoms with Crippen LogP contribution in [0, 0.1) is 21.4 Å². The molecule has 1 heterocycles. The third-order valence-corrected chi connectivity index (χ3v) is 7.15. The summed E-state index contributed by atoms with van der Waals surface area (Å²) in [4.78, 5) is 49.7. The summed E-state index contributed by atoms with van der Waals surface area (Å²) in [6.07, 6.45) is 1.84. The molecule has 0 spiro atoms. The first-order chi connectivity index (χ1) is 20.4. The van der Waals surface area contributed by atoms with Crippen LogP contribution < -0.4 is 10.6 Å². The summed E-state index contributed by atoms with van der Waals surface area (Å²) in [6.45, 7) is 7.40. The molecule has 12 heteroatoms. The number of fused-ring (bicyclic) bond motifs is 1. The number of esters is 1. The van der Waals surface area contributed by atoms with Crippen LogP contribution in [0.5, 0.6) is 0 Å². The number of nitriles is 1. The van der Waals surface area contributed by atoms with E-state index in [9.17, 15) is 29.8 Å². The summed E-state index contributed by atoms with van der Waals surface area (Å²) in [5.74, 6) is -1.07. The Kier molecular flexibility index (Phi) is 9.34. The number of aromatic nitrogens is 1. The quantitative estimate of drug-likeness (QED) is 0.205. The molecule has 0 saturated heterocycles. The van der Waals surface area contributed by atoms with Gasteiger partial charge in [0.2, 0.25) is 0 Å². The van der Waals surface area contributed by atoms with Crippen LogP contribution in [0.15, 0.2) is 42.5 Å². The van der Waals surface area contributed by atoms with E-state index in [4.69, 9.17) is 9.47 Å². The van der Waals surface area contributed by atoms with Crippen LogP contribution in [0.3, 0.4) is 0 Å². The van der Waals surface area contributed by atoms with Gasteiger partial charge in [0.25, 0.3) is 5.91 Å². The molecule has 43 heavy (non-hydrogen) atoms. The topological polar surface area (TPSA) is 166 Å². The van der Waals surface area contributed by atoms with E-state index in [1.165, 1.54) is 18.2 Å². The SMILES string of the molecule is CCOC(=O)c1ccc(Cn2c(C(=O)NC3CCC(NC(=O)OC(C)(C)C)CC3)c([N+](=O)[O-])c3ccc(C#N)cc32)cc1. The average molecular weight is 590 g/mol. The summed E-state index contributed by atoms with van der Waals surface area (Å²) in [5.41, 5.74) is 0.621. The molecule has 1 aliphatic rings. The first-order valence-corrected chi connectivity index (χ1v) is 14.2. The lowest BCUT2D eigenvalue weighted by Crippen LogP contribution is -2.45. The van der Waals surface area contributed by atoms with Gasteiger partial charge in [0.1, 0.15) is 5.60 Å². The van der Waals surface area contributed by atoms with Gasteiger partial charge in [0.05, 0.1) is 39.6 Å². The predicted molar refractivity (Wildman–Crippen MR) is 158 cm³/mol. The van der Waals surface area contributed by atoms with Gasteiger partial charge in [-0.3, -0.25) is 14.9 Å². The number of nitrogens with zero attached hydrogens (tertiary/aromatic N) is 3. The van der Waals surface area contributed by atoms with Crippen molar-refractivity contribution in [1.82, 2.24) is 15.2 Å². The second-order valence-corrected chi connectivity index (χ2v) is 11.5. The molecule has 1 saturated carbocycles. The average Bonchev–Trinajstić information content (AvgIpc) is 3.27. The van der Waals surface area contributed by atoms with Gasteiger partial charge in [-0.05, 0) is 89.3 Å². The standard InChI is InChI=1S/C31H35N5O7/c1-5-42-29(38)21-9-6-19(7-10-21)18-35-25-16-20(17-32)8-15-24(25)26(36(40)41)27(35)28(37)33-22-11-13-23(14-12-22)34-30(39)43-31(2,3)4/h6-10,15-16,22-23H,5,11-14,18H2,1-4H3,(H,33,37)(H,34,39). The van der Waals surface area contributed by atoms with Gasteiger partial charge in [0.15, 0.2) is 5.69 Å². The molecular formula is C31H35N5O7. The van der Waals surface area contributed by atoms with E-state index in [1.54, 1.807) is 56.5 Å². The molecule has 226 valence electrons. The molecule has 0 bridgehead atoms. The van der Waals surface area contributed by atoms with Crippen LogP contribution in [0.2, 0.25) is 0 Å². The number of hydrogen-bond donors (Lipinski definition) is 2. The summed E-state index contributed by atoms with van der Waals surface area (Å²) >= 11 is 0. The maximum atomic E-state index is 13.8. The van der Waals surface area contributed by atoms with Crippen LogP contribution in [0.4, 0.5) is 10.5 Å². The van der Waals surface area contributed by atoms with Crippen molar-refractivity contribution in [2.45, 2.75) is 77.6 Å². The monoisotopic (exact) mass is 589 g/mol. The van der Waals surface area contributed by atoms with Crippen LogP contribution in [-0.2, 0) is 16.0 Å². The molecule has 4 rings (SSSR count). The Labute approximate surface area is 249 Å². The zero-order valence-electron chi connectivity index (χ0n) is 24.6. The van der Waals surface area contributed by atoms with E-state index in [-0.39, 0.29) is 42.0 Å². The molecule has 0 aliphatic heterocycles. The fraction of sp³-hybridized carbons (Fsp3) is 0.419. The predicted octanol–water partition coefficient (Wildman–Crippen LogP) is 5.21. The lowest BCUT2D eigenvalue weighted by molar-refractivity contribution is -0.383. The molecular weight excluding hydrogens is 554 g/mol. The van der Waals surface area contributed by atoms with Crippen molar-refractivity contribution in [2.75, 3.05) is 6.61 Å². The first-order valence-electron chi connectivity index (χ1n) is 14.2. The van der Waals surface area contributed by atoms with Gasteiger partial charge >= 0.3 is 17.7 Å². The molecule has 1 aromatic heterocycles. The number of amides is 2. The Morgan fingerprint density at radius 1 is 1.05 bits per heavy atom. The molecule has 0 atom stereocenters. The van der Waals surface area contributed by atoms with Gasteiger partial charge in [-0.25, -0.2) is 9.59 Å². The fourth-order valence-electron chi connectivity index (χ4n) is 5.23. The van der Waals surface area contributed by atoms with Gasteiger partial charge in [-0.2, -0.15) is 5.26 Å². The molecule has 12 nitrogen and oxygen atoms in total. The van der Waals surface area contributed by atoms with Crippen molar-refractivity contribution in [3.05, 3.63) is 75.0 Å². The van der Waals surface area contributed by atoms with Gasteiger partial charge in [-0.1, -0.05) is 12.1 Å². The minimum atomic E-state index is -0.612. The van der Waals surface area contributed by atoms with Crippen LogP contribution in [-0.4, -0.2) is 51.8 Å². The van der Waals surface area contributed by atoms with Crippen molar-refractivity contribution in [3.63, 3.8) is 0 Å². The highest BCUT2D eigenvalue weighted by Crippen LogP contribution is 2.35. The number of carbonyl (C=O) groups excluding carboxylic acids is 3. The van der Waals surface area contributed by atoms with Crippen molar-refractivity contribution in [2.24, 2.45) is 0 Å². The summed E-state index contributed by atoms with van der Waals surface area (Å²) in [5, 5.41) is 27.9. The van der Waals surface area contributed by atoms with Crippen molar-refractivity contribution in [1.29, 1.82) is 5.26 Å². The largest absolute Gasteiger partial charge is 0.462 e. The van der Waals surface area contributed by atoms with E-state index in [2.05, 4.69) is 16.7 Å². The maximum absolute atomic E-state index is 13.8. The number of hydrogen-bond acceptors (Lipinski definition) is 8. The summed E-state index contributed by atoms with van der Waals surface area (Å²) < 4.78 is 11.9. The van der Waals surface area contributed by atoms with Crippen molar-refractivity contribution < 1.29 is 28.8 Å². The Balaban J connectivity index is 1.60. The number of nitro groups is 1. The second-order valence-electron chi connectivity index (χ2n) is 11.5. The van der Waals surface area contributed by atoms with E-state index in [1.807, 2.05) is 0 Å². The number of nitrogens with one attached hydrogen (secondary N) is 2. The smallest absolute Gasteiger partial charge is 0.407 e. The molecule has 0 unspecified atom stereocenters. The van der Waals surface area contributed by atoms with Gasteiger partial charge < -0.3 is 24.7 Å². The Morgan fingerprint density at radius 3 is 2.23 bits per heavy atom.